The molecular formula is C12H18N2O6S2. The molecule has 1 aromatic rings. The molecule has 0 spiro atoms. The van der Waals surface area contributed by atoms with E-state index in [1.807, 2.05) is 0 Å². The number of nitrogens with one attached hydrogen (secondary N) is 1. The second kappa shape index (κ2) is 7.49. The van der Waals surface area contributed by atoms with Crippen molar-refractivity contribution >= 4 is 27.3 Å². The van der Waals surface area contributed by atoms with Crippen LogP contribution in [0.5, 0.6) is 0 Å². The molecule has 0 bridgehead atoms. The number of aliphatic hydroxyl groups is 1. The van der Waals surface area contributed by atoms with Gasteiger partial charge in [0.25, 0.3) is 5.91 Å². The van der Waals surface area contributed by atoms with Crippen molar-refractivity contribution in [3.63, 3.8) is 0 Å². The van der Waals surface area contributed by atoms with E-state index >= 15 is 0 Å². The molecule has 10 heteroatoms. The van der Waals surface area contributed by atoms with Crippen molar-refractivity contribution in [3.8, 4) is 0 Å². The lowest BCUT2D eigenvalue weighted by Crippen LogP contribution is -2.50. The van der Waals surface area contributed by atoms with E-state index in [1.165, 1.54) is 11.4 Å². The molecule has 1 fully saturated rings. The molecule has 1 aromatic heterocycles. The van der Waals surface area contributed by atoms with Crippen LogP contribution >= 0.6 is 11.3 Å². The number of aliphatic hydroxyl groups excluding tert-OH is 1. The van der Waals surface area contributed by atoms with E-state index in [-0.39, 0.29) is 35.7 Å². The molecule has 0 saturated carbocycles. The Morgan fingerprint density at radius 1 is 1.59 bits per heavy atom. The fourth-order valence-corrected chi connectivity index (χ4v) is 4.06. The van der Waals surface area contributed by atoms with Crippen molar-refractivity contribution in [1.29, 1.82) is 0 Å². The van der Waals surface area contributed by atoms with Gasteiger partial charge >= 0.3 is 0 Å². The molecule has 0 radical (unpaired) electrons. The van der Waals surface area contributed by atoms with Crippen LogP contribution in [-0.2, 0) is 19.5 Å². The van der Waals surface area contributed by atoms with Crippen molar-refractivity contribution in [3.05, 3.63) is 16.3 Å². The Kier molecular flexibility index (Phi) is 5.89. The fourth-order valence-electron chi connectivity index (χ4n) is 2.18. The van der Waals surface area contributed by atoms with E-state index in [1.54, 1.807) is 0 Å². The highest BCUT2D eigenvalue weighted by atomic mass is 32.2. The van der Waals surface area contributed by atoms with Gasteiger partial charge in [-0.1, -0.05) is 0 Å². The van der Waals surface area contributed by atoms with Crippen LogP contribution in [0.1, 0.15) is 16.1 Å². The molecule has 2 rings (SSSR count). The van der Waals surface area contributed by atoms with Crippen LogP contribution in [0.3, 0.4) is 0 Å². The number of carbonyl (C=O) groups is 1. The van der Waals surface area contributed by atoms with E-state index in [9.17, 15) is 13.2 Å². The average molecular weight is 350 g/mol. The van der Waals surface area contributed by atoms with Gasteiger partial charge in [0.15, 0.2) is 0 Å². The Labute approximate surface area is 132 Å². The van der Waals surface area contributed by atoms with E-state index in [0.29, 0.717) is 13.0 Å². The van der Waals surface area contributed by atoms with Gasteiger partial charge in [-0.25, -0.2) is 13.6 Å². The number of amides is 1. The monoisotopic (exact) mass is 350 g/mol. The molecule has 124 valence electrons. The highest BCUT2D eigenvalue weighted by Crippen LogP contribution is 2.21. The van der Waals surface area contributed by atoms with Gasteiger partial charge in [0, 0.05) is 6.61 Å². The molecule has 1 aliphatic heterocycles. The molecule has 0 aromatic carbocycles. The average Bonchev–Trinajstić information content (AvgIpc) is 2.96. The maximum atomic E-state index is 12.3. The molecule has 1 saturated heterocycles. The van der Waals surface area contributed by atoms with Gasteiger partial charge in [-0.15, -0.1) is 11.3 Å². The van der Waals surface area contributed by atoms with Crippen LogP contribution in [0.4, 0.5) is 0 Å². The van der Waals surface area contributed by atoms with Crippen LogP contribution in [0.2, 0.25) is 0 Å². The molecule has 2 heterocycles. The molecule has 2 atom stereocenters. The minimum Gasteiger partial charge on any atom is -0.394 e. The Bertz CT molecular complexity index is 615. The smallest absolute Gasteiger partial charge is 0.263 e. The zero-order valence-electron chi connectivity index (χ0n) is 11.7. The number of sulfonamides is 1. The topological polar surface area (TPSA) is 128 Å². The van der Waals surface area contributed by atoms with Gasteiger partial charge < -0.3 is 19.9 Å². The normalized spacial score (nSPS) is 22.5. The zero-order valence-corrected chi connectivity index (χ0v) is 13.4. The number of carbonyl (C=O) groups excluding carboxylic acids is 1. The molecule has 1 amide bonds. The van der Waals surface area contributed by atoms with E-state index in [2.05, 4.69) is 5.32 Å². The first kappa shape index (κ1) is 17.3. The number of primary sulfonamides is 1. The summed E-state index contributed by atoms with van der Waals surface area (Å²) in [5.41, 5.74) is 0. The first-order valence-corrected chi connectivity index (χ1v) is 9.07. The summed E-state index contributed by atoms with van der Waals surface area (Å²) in [4.78, 5) is 12.1. The second-order valence-electron chi connectivity index (χ2n) is 4.74. The Hall–Kier alpha value is -1.04. The summed E-state index contributed by atoms with van der Waals surface area (Å²) in [6, 6.07) is 0.884. The largest absolute Gasteiger partial charge is 0.394 e. The third-order valence-electron chi connectivity index (χ3n) is 3.17. The number of thiophene rings is 1. The standard InChI is InChI=1S/C12H18N2O6S2/c13-22(17,18)10-2-6-21-11(10)12(16)14-8-7-19-4-1-9(8)20-5-3-15/h2,6,8-9,15H,1,3-5,7H2,(H,14,16)(H2,13,17,18)/t8-,9+/m1/s1. The van der Waals surface area contributed by atoms with Crippen LogP contribution in [0.15, 0.2) is 16.3 Å². The van der Waals surface area contributed by atoms with Crippen LogP contribution in [0, 0.1) is 0 Å². The Morgan fingerprint density at radius 3 is 3.05 bits per heavy atom. The molecule has 8 nitrogen and oxygen atoms in total. The van der Waals surface area contributed by atoms with E-state index in [4.69, 9.17) is 19.7 Å². The van der Waals surface area contributed by atoms with Gasteiger partial charge in [0.1, 0.15) is 9.77 Å². The zero-order chi connectivity index (χ0) is 16.2. The number of hydrogen-bond donors (Lipinski definition) is 3. The number of hydrogen-bond acceptors (Lipinski definition) is 7. The van der Waals surface area contributed by atoms with Gasteiger partial charge in [0.05, 0.1) is 32.0 Å². The summed E-state index contributed by atoms with van der Waals surface area (Å²) in [6.07, 6.45) is 0.292. The van der Waals surface area contributed by atoms with Crippen molar-refractivity contribution < 1.29 is 27.8 Å². The van der Waals surface area contributed by atoms with Crippen molar-refractivity contribution in [1.82, 2.24) is 5.32 Å². The maximum absolute atomic E-state index is 12.3. The van der Waals surface area contributed by atoms with Crippen molar-refractivity contribution in [2.45, 2.75) is 23.5 Å². The third kappa shape index (κ3) is 4.24. The quantitative estimate of drug-likeness (QED) is 0.622. The molecular weight excluding hydrogens is 332 g/mol. The summed E-state index contributed by atoms with van der Waals surface area (Å²) in [6.45, 7) is 0.818. The molecule has 22 heavy (non-hydrogen) atoms. The van der Waals surface area contributed by atoms with Gasteiger partial charge in [-0.3, -0.25) is 4.79 Å². The van der Waals surface area contributed by atoms with Gasteiger partial charge in [-0.05, 0) is 17.9 Å². The third-order valence-corrected chi connectivity index (χ3v) is 5.17. The van der Waals surface area contributed by atoms with Gasteiger partial charge in [0.2, 0.25) is 10.0 Å². The number of rotatable bonds is 6. The Morgan fingerprint density at radius 2 is 2.36 bits per heavy atom. The Balaban J connectivity index is 2.09. The second-order valence-corrected chi connectivity index (χ2v) is 7.18. The SMILES string of the molecule is NS(=O)(=O)c1ccsc1C(=O)N[C@@H]1COCC[C@@H]1OCCO. The van der Waals surface area contributed by atoms with Gasteiger partial charge in [-0.2, -0.15) is 0 Å². The van der Waals surface area contributed by atoms with Crippen LogP contribution in [0.25, 0.3) is 0 Å². The lowest BCUT2D eigenvalue weighted by atomic mass is 10.1. The van der Waals surface area contributed by atoms with Crippen molar-refractivity contribution in [2.24, 2.45) is 5.14 Å². The van der Waals surface area contributed by atoms with E-state index in [0.717, 1.165) is 11.3 Å². The number of nitrogens with two attached hydrogens (primary N) is 1. The van der Waals surface area contributed by atoms with Crippen molar-refractivity contribution in [2.75, 3.05) is 26.4 Å². The van der Waals surface area contributed by atoms with Crippen LogP contribution in [-0.4, -0.2) is 58.0 Å². The highest BCUT2D eigenvalue weighted by Gasteiger charge is 2.30. The summed E-state index contributed by atoms with van der Waals surface area (Å²) >= 11 is 0.999. The highest BCUT2D eigenvalue weighted by molar-refractivity contribution is 7.89. The molecule has 4 N–H and O–H groups in total. The summed E-state index contributed by atoms with van der Waals surface area (Å²) in [7, 11) is -3.95. The summed E-state index contributed by atoms with van der Waals surface area (Å²) < 4.78 is 33.7. The molecule has 0 unspecified atom stereocenters. The number of ether oxygens (including phenoxy) is 2. The minimum absolute atomic E-state index is 0.0361. The summed E-state index contributed by atoms with van der Waals surface area (Å²) in [5.74, 6) is -0.535. The van der Waals surface area contributed by atoms with E-state index < -0.39 is 22.0 Å². The molecule has 0 aliphatic carbocycles. The fraction of sp³-hybridized carbons (Fsp3) is 0.583. The first-order chi connectivity index (χ1) is 10.4. The summed E-state index contributed by atoms with van der Waals surface area (Å²) in [5, 5.41) is 18.1. The molecule has 1 aliphatic rings. The lowest BCUT2D eigenvalue weighted by molar-refractivity contribution is -0.0612. The minimum atomic E-state index is -3.95. The maximum Gasteiger partial charge on any atom is 0.263 e. The lowest BCUT2D eigenvalue weighted by Gasteiger charge is -2.31. The predicted molar refractivity (Wildman–Crippen MR) is 79.2 cm³/mol. The predicted octanol–water partition coefficient (Wildman–Crippen LogP) is -0.708. The van der Waals surface area contributed by atoms with Crippen LogP contribution < -0.4 is 10.5 Å². The first-order valence-electron chi connectivity index (χ1n) is 6.65.